The van der Waals surface area contributed by atoms with Gasteiger partial charge in [-0.05, 0) is 31.5 Å². The summed E-state index contributed by atoms with van der Waals surface area (Å²) in [7, 11) is -3.98. The van der Waals surface area contributed by atoms with Crippen LogP contribution < -0.4 is 5.73 Å². The van der Waals surface area contributed by atoms with Gasteiger partial charge in [0.25, 0.3) is 5.69 Å². The third kappa shape index (κ3) is 5.63. The number of nitro benzene ring substituents is 1. The van der Waals surface area contributed by atoms with Gasteiger partial charge in [0.2, 0.25) is 10.0 Å². The largest absolute Gasteiger partial charge is 0.330 e. The number of halogens is 2. The van der Waals surface area contributed by atoms with Crippen molar-refractivity contribution in [2.75, 3.05) is 13.1 Å². The van der Waals surface area contributed by atoms with E-state index >= 15 is 0 Å². The van der Waals surface area contributed by atoms with Gasteiger partial charge in [-0.25, -0.2) is 8.42 Å². The van der Waals surface area contributed by atoms with Crippen molar-refractivity contribution >= 4 is 39.7 Å². The van der Waals surface area contributed by atoms with Gasteiger partial charge in [0.1, 0.15) is 0 Å². The highest BCUT2D eigenvalue weighted by atomic mass is 35.5. The van der Waals surface area contributed by atoms with Crippen molar-refractivity contribution < 1.29 is 13.3 Å². The second-order valence-corrected chi connectivity index (χ2v) is 8.12. The molecule has 27 heavy (non-hydrogen) atoms. The lowest BCUT2D eigenvalue weighted by atomic mass is 10.2. The maximum absolute atomic E-state index is 13.1. The Hall–Kier alpha value is -1.71. The van der Waals surface area contributed by atoms with Gasteiger partial charge in [-0.15, -0.1) is 12.4 Å². The van der Waals surface area contributed by atoms with Crippen LogP contribution in [0.25, 0.3) is 0 Å². The molecular formula is C17H21Cl2N3O4S. The van der Waals surface area contributed by atoms with E-state index in [2.05, 4.69) is 0 Å². The van der Waals surface area contributed by atoms with Crippen molar-refractivity contribution in [3.05, 3.63) is 68.7 Å². The van der Waals surface area contributed by atoms with Gasteiger partial charge in [0, 0.05) is 24.7 Å². The van der Waals surface area contributed by atoms with Crippen LogP contribution in [0.1, 0.15) is 17.5 Å². The van der Waals surface area contributed by atoms with Crippen molar-refractivity contribution in [3.63, 3.8) is 0 Å². The van der Waals surface area contributed by atoms with Gasteiger partial charge < -0.3 is 5.73 Å². The van der Waals surface area contributed by atoms with E-state index in [4.69, 9.17) is 17.3 Å². The summed E-state index contributed by atoms with van der Waals surface area (Å²) in [6.45, 7) is 2.15. The van der Waals surface area contributed by atoms with Gasteiger partial charge >= 0.3 is 0 Å². The number of hydrogen-bond donors (Lipinski definition) is 1. The minimum Gasteiger partial charge on any atom is -0.330 e. The molecule has 0 heterocycles. The molecule has 148 valence electrons. The Morgan fingerprint density at radius 2 is 1.85 bits per heavy atom. The zero-order chi connectivity index (χ0) is 19.3. The van der Waals surface area contributed by atoms with Crippen LogP contribution in [-0.4, -0.2) is 30.7 Å². The Balaban J connectivity index is 0.00000364. The maximum Gasteiger partial charge on any atom is 0.275 e. The SMILES string of the molecule is Cc1c(Cl)cc(S(=O)(=O)N(CCCN)Cc2ccccc2)cc1[N+](=O)[O-].Cl. The highest BCUT2D eigenvalue weighted by Crippen LogP contribution is 2.31. The van der Waals surface area contributed by atoms with E-state index in [0.29, 0.717) is 13.0 Å². The number of nitrogens with two attached hydrogens (primary N) is 1. The van der Waals surface area contributed by atoms with Gasteiger partial charge in [0.05, 0.1) is 14.8 Å². The molecule has 0 radical (unpaired) electrons. The summed E-state index contributed by atoms with van der Waals surface area (Å²) in [4.78, 5) is 10.4. The Morgan fingerprint density at radius 3 is 2.41 bits per heavy atom. The van der Waals surface area contributed by atoms with E-state index in [1.54, 1.807) is 0 Å². The fourth-order valence-corrected chi connectivity index (χ4v) is 4.26. The molecule has 2 aromatic rings. The molecule has 10 heteroatoms. The summed E-state index contributed by atoms with van der Waals surface area (Å²) in [6, 6.07) is 11.4. The standard InChI is InChI=1S/C17H20ClN3O4S.ClH/c1-13-16(18)10-15(11-17(13)21(22)23)26(24,25)20(9-5-8-19)12-14-6-3-2-4-7-14;/h2-4,6-7,10-11H,5,8-9,12,19H2,1H3;1H. The third-order valence-corrected chi connectivity index (χ3v) is 6.15. The number of nitrogens with zero attached hydrogens (tertiary/aromatic N) is 2. The molecule has 0 saturated carbocycles. The Morgan fingerprint density at radius 1 is 1.22 bits per heavy atom. The van der Waals surface area contributed by atoms with Crippen LogP contribution >= 0.6 is 24.0 Å². The third-order valence-electron chi connectivity index (χ3n) is 3.94. The molecular weight excluding hydrogens is 413 g/mol. The number of rotatable bonds is 8. The van der Waals surface area contributed by atoms with E-state index in [-0.39, 0.29) is 46.7 Å². The van der Waals surface area contributed by atoms with Crippen molar-refractivity contribution in [1.29, 1.82) is 0 Å². The first kappa shape index (κ1) is 23.3. The number of hydrogen-bond acceptors (Lipinski definition) is 5. The second-order valence-electron chi connectivity index (χ2n) is 5.77. The molecule has 0 saturated heterocycles. The average Bonchev–Trinajstić information content (AvgIpc) is 2.61. The maximum atomic E-state index is 13.1. The highest BCUT2D eigenvalue weighted by molar-refractivity contribution is 7.89. The number of benzene rings is 2. The molecule has 2 rings (SSSR count). The lowest BCUT2D eigenvalue weighted by Crippen LogP contribution is -2.32. The predicted octanol–water partition coefficient (Wildman–Crippen LogP) is 3.52. The lowest BCUT2D eigenvalue weighted by Gasteiger charge is -2.22. The van der Waals surface area contributed by atoms with Crippen molar-refractivity contribution in [1.82, 2.24) is 4.31 Å². The van der Waals surface area contributed by atoms with Crippen molar-refractivity contribution in [3.8, 4) is 0 Å². The van der Waals surface area contributed by atoms with E-state index in [9.17, 15) is 18.5 Å². The minimum absolute atomic E-state index is 0. The van der Waals surface area contributed by atoms with Gasteiger partial charge in [-0.3, -0.25) is 10.1 Å². The van der Waals surface area contributed by atoms with Gasteiger partial charge in [-0.2, -0.15) is 4.31 Å². The molecule has 2 aromatic carbocycles. The first-order valence-electron chi connectivity index (χ1n) is 7.96. The van der Waals surface area contributed by atoms with E-state index in [1.807, 2.05) is 30.3 Å². The van der Waals surface area contributed by atoms with Crippen LogP contribution in [-0.2, 0) is 16.6 Å². The molecule has 0 spiro atoms. The molecule has 0 aliphatic heterocycles. The molecule has 0 aliphatic carbocycles. The van der Waals surface area contributed by atoms with Crippen LogP contribution in [0.15, 0.2) is 47.4 Å². The molecule has 0 fully saturated rings. The summed E-state index contributed by atoms with van der Waals surface area (Å²) in [6.07, 6.45) is 0.466. The Kier molecular flexibility index (Phi) is 8.64. The Bertz CT molecular complexity index is 893. The molecule has 0 unspecified atom stereocenters. The summed E-state index contributed by atoms with van der Waals surface area (Å²) in [5, 5.41) is 11.2. The zero-order valence-corrected chi connectivity index (χ0v) is 17.1. The smallest absolute Gasteiger partial charge is 0.275 e. The van der Waals surface area contributed by atoms with Gasteiger partial charge in [-0.1, -0.05) is 41.9 Å². The van der Waals surface area contributed by atoms with Crippen LogP contribution in [0, 0.1) is 17.0 Å². The fourth-order valence-electron chi connectivity index (χ4n) is 2.47. The van der Waals surface area contributed by atoms with E-state index in [0.717, 1.165) is 11.6 Å². The summed E-state index contributed by atoms with van der Waals surface area (Å²) < 4.78 is 27.4. The van der Waals surface area contributed by atoms with Crippen LogP contribution in [0.5, 0.6) is 0 Å². The lowest BCUT2D eigenvalue weighted by molar-refractivity contribution is -0.385. The molecule has 0 atom stereocenters. The molecule has 0 bridgehead atoms. The summed E-state index contributed by atoms with van der Waals surface area (Å²) in [5.41, 5.74) is 6.24. The quantitative estimate of drug-likeness (QED) is 0.506. The number of sulfonamides is 1. The fraction of sp³-hybridized carbons (Fsp3) is 0.294. The van der Waals surface area contributed by atoms with Crippen LogP contribution in [0.3, 0.4) is 0 Å². The van der Waals surface area contributed by atoms with Crippen LogP contribution in [0.2, 0.25) is 5.02 Å². The van der Waals surface area contributed by atoms with Crippen molar-refractivity contribution in [2.45, 2.75) is 24.8 Å². The van der Waals surface area contributed by atoms with Crippen LogP contribution in [0.4, 0.5) is 5.69 Å². The highest BCUT2D eigenvalue weighted by Gasteiger charge is 2.28. The first-order valence-corrected chi connectivity index (χ1v) is 9.78. The topological polar surface area (TPSA) is 107 Å². The Labute approximate surface area is 169 Å². The predicted molar refractivity (Wildman–Crippen MR) is 108 cm³/mol. The summed E-state index contributed by atoms with van der Waals surface area (Å²) in [5.74, 6) is 0. The molecule has 0 aliphatic rings. The second kappa shape index (κ2) is 10.0. The van der Waals surface area contributed by atoms with Crippen molar-refractivity contribution in [2.24, 2.45) is 5.73 Å². The van der Waals surface area contributed by atoms with E-state index < -0.39 is 14.9 Å². The molecule has 7 nitrogen and oxygen atoms in total. The molecule has 0 amide bonds. The summed E-state index contributed by atoms with van der Waals surface area (Å²) >= 11 is 6.03. The minimum atomic E-state index is -3.98. The normalized spacial score (nSPS) is 11.3. The average molecular weight is 434 g/mol. The van der Waals surface area contributed by atoms with Gasteiger partial charge in [0.15, 0.2) is 0 Å². The molecule has 2 N–H and O–H groups in total. The monoisotopic (exact) mass is 433 g/mol. The zero-order valence-electron chi connectivity index (χ0n) is 14.7. The van der Waals surface area contributed by atoms with E-state index in [1.165, 1.54) is 17.3 Å². The molecule has 0 aromatic heterocycles. The first-order chi connectivity index (χ1) is 12.3. The number of nitro groups is 1.